The lowest BCUT2D eigenvalue weighted by Gasteiger charge is -2.38. The molecule has 140 valence electrons. The van der Waals surface area contributed by atoms with E-state index in [1.807, 2.05) is 39.8 Å². The van der Waals surface area contributed by atoms with Crippen molar-refractivity contribution in [1.29, 1.82) is 0 Å². The van der Waals surface area contributed by atoms with Crippen molar-refractivity contribution in [1.82, 2.24) is 15.1 Å². The molecule has 1 atom stereocenters. The third-order valence-electron chi connectivity index (χ3n) is 4.71. The van der Waals surface area contributed by atoms with Gasteiger partial charge in [0, 0.05) is 38.3 Å². The Balaban J connectivity index is 1.74. The van der Waals surface area contributed by atoms with Crippen LogP contribution in [0.25, 0.3) is 0 Å². The predicted molar refractivity (Wildman–Crippen MR) is 102 cm³/mol. The number of methoxy groups -OCH3 is 1. The van der Waals surface area contributed by atoms with Crippen molar-refractivity contribution in [2.24, 2.45) is 0 Å². The van der Waals surface area contributed by atoms with Crippen LogP contribution < -0.4 is 10.1 Å². The van der Waals surface area contributed by atoms with E-state index >= 15 is 0 Å². The maximum Gasteiger partial charge on any atom is 0.237 e. The summed E-state index contributed by atoms with van der Waals surface area (Å²) in [5.74, 6) is 1.03. The summed E-state index contributed by atoms with van der Waals surface area (Å²) in [5.41, 5.74) is 1.16. The van der Waals surface area contributed by atoms with Crippen LogP contribution in [0.4, 0.5) is 0 Å². The third-order valence-corrected chi connectivity index (χ3v) is 4.71. The quantitative estimate of drug-likeness (QED) is 0.856. The van der Waals surface area contributed by atoms with Gasteiger partial charge in [-0.3, -0.25) is 9.69 Å². The molecular formula is C20H33N3O2. The molecule has 0 aliphatic carbocycles. The van der Waals surface area contributed by atoms with Crippen molar-refractivity contribution in [3.63, 3.8) is 0 Å². The number of benzene rings is 1. The summed E-state index contributed by atoms with van der Waals surface area (Å²) in [6, 6.07) is 8.23. The van der Waals surface area contributed by atoms with Gasteiger partial charge in [0.1, 0.15) is 5.75 Å². The van der Waals surface area contributed by atoms with Crippen molar-refractivity contribution < 1.29 is 9.53 Å². The molecule has 0 radical (unpaired) electrons. The van der Waals surface area contributed by atoms with E-state index < -0.39 is 0 Å². The molecule has 0 aromatic heterocycles. The van der Waals surface area contributed by atoms with E-state index in [-0.39, 0.29) is 17.5 Å². The van der Waals surface area contributed by atoms with Gasteiger partial charge >= 0.3 is 0 Å². The number of amides is 1. The van der Waals surface area contributed by atoms with Crippen molar-refractivity contribution >= 4 is 5.91 Å². The Hall–Kier alpha value is -1.59. The molecule has 25 heavy (non-hydrogen) atoms. The molecule has 0 bridgehead atoms. The highest BCUT2D eigenvalue weighted by Gasteiger charge is 2.27. The first-order chi connectivity index (χ1) is 11.8. The van der Waals surface area contributed by atoms with Gasteiger partial charge in [-0.2, -0.15) is 0 Å². The maximum atomic E-state index is 12.3. The van der Waals surface area contributed by atoms with Gasteiger partial charge in [0.25, 0.3) is 0 Å². The number of carbonyl (C=O) groups is 1. The zero-order valence-electron chi connectivity index (χ0n) is 16.3. The minimum absolute atomic E-state index is 0.0667. The van der Waals surface area contributed by atoms with Crippen molar-refractivity contribution in [3.05, 3.63) is 29.8 Å². The van der Waals surface area contributed by atoms with Crippen LogP contribution >= 0.6 is 0 Å². The van der Waals surface area contributed by atoms with Crippen LogP contribution in [0.2, 0.25) is 0 Å². The fraction of sp³-hybridized carbons (Fsp3) is 0.650. The van der Waals surface area contributed by atoms with Gasteiger partial charge in [-0.25, -0.2) is 0 Å². The molecule has 1 amide bonds. The highest BCUT2D eigenvalue weighted by atomic mass is 16.5. The highest BCUT2D eigenvalue weighted by Crippen LogP contribution is 2.13. The predicted octanol–water partition coefficient (Wildman–Crippen LogP) is 2.16. The average molecular weight is 348 g/mol. The Morgan fingerprint density at radius 1 is 1.16 bits per heavy atom. The number of nitrogens with zero attached hydrogens (tertiary/aromatic N) is 2. The second-order valence-electron chi connectivity index (χ2n) is 7.89. The summed E-state index contributed by atoms with van der Waals surface area (Å²) >= 11 is 0. The fourth-order valence-electron chi connectivity index (χ4n) is 3.09. The molecule has 5 heteroatoms. The topological polar surface area (TPSA) is 44.8 Å². The average Bonchev–Trinajstić information content (AvgIpc) is 2.58. The zero-order chi connectivity index (χ0) is 18.4. The molecule has 0 saturated carbocycles. The number of hydrogen-bond donors (Lipinski definition) is 1. The molecule has 1 aromatic carbocycles. The third kappa shape index (κ3) is 6.33. The minimum Gasteiger partial charge on any atom is -0.497 e. The first-order valence-electron chi connectivity index (χ1n) is 9.20. The molecule has 0 unspecified atom stereocenters. The van der Waals surface area contributed by atoms with E-state index in [2.05, 4.69) is 27.2 Å². The highest BCUT2D eigenvalue weighted by molar-refractivity contribution is 5.81. The summed E-state index contributed by atoms with van der Waals surface area (Å²) in [6.07, 6.45) is 1.05. The second kappa shape index (κ2) is 8.68. The van der Waals surface area contributed by atoms with Crippen LogP contribution in [0.15, 0.2) is 24.3 Å². The van der Waals surface area contributed by atoms with E-state index in [4.69, 9.17) is 4.74 Å². The van der Waals surface area contributed by atoms with Crippen LogP contribution in [-0.4, -0.2) is 67.1 Å². The lowest BCUT2D eigenvalue weighted by atomic mass is 10.1. The number of piperazine rings is 1. The Labute approximate surface area is 152 Å². The largest absolute Gasteiger partial charge is 0.497 e. The molecule has 2 rings (SSSR count). The molecule has 5 nitrogen and oxygen atoms in total. The lowest BCUT2D eigenvalue weighted by molar-refractivity contribution is -0.128. The molecule has 1 N–H and O–H groups in total. The zero-order valence-corrected chi connectivity index (χ0v) is 16.3. The van der Waals surface area contributed by atoms with E-state index in [0.717, 1.165) is 44.9 Å². The standard InChI is InChI=1S/C20H33N3O2/c1-16(19(24)21-20(2,3)4)23-14-12-22(13-15-23)11-10-17-6-8-18(25-5)9-7-17/h6-9,16H,10-15H2,1-5H3,(H,21,24)/t16-/m1/s1. The van der Waals surface area contributed by atoms with E-state index in [1.165, 1.54) is 5.56 Å². The van der Waals surface area contributed by atoms with Gasteiger partial charge in [0.05, 0.1) is 13.2 Å². The summed E-state index contributed by atoms with van der Waals surface area (Å²) in [5, 5.41) is 3.08. The summed E-state index contributed by atoms with van der Waals surface area (Å²) in [4.78, 5) is 17.1. The van der Waals surface area contributed by atoms with Crippen LogP contribution in [0.3, 0.4) is 0 Å². The van der Waals surface area contributed by atoms with Gasteiger partial charge < -0.3 is 15.0 Å². The van der Waals surface area contributed by atoms with Gasteiger partial charge in [-0.1, -0.05) is 12.1 Å². The number of nitrogens with one attached hydrogen (secondary N) is 1. The first-order valence-corrected chi connectivity index (χ1v) is 9.20. The first kappa shape index (κ1) is 19.7. The molecule has 1 aromatic rings. The van der Waals surface area contributed by atoms with Crippen LogP contribution in [0.1, 0.15) is 33.3 Å². The summed E-state index contributed by atoms with van der Waals surface area (Å²) < 4.78 is 5.20. The Morgan fingerprint density at radius 2 is 1.76 bits per heavy atom. The van der Waals surface area contributed by atoms with E-state index in [0.29, 0.717) is 0 Å². The number of rotatable bonds is 6. The fourth-order valence-corrected chi connectivity index (χ4v) is 3.09. The second-order valence-corrected chi connectivity index (χ2v) is 7.89. The minimum atomic E-state index is -0.175. The molecule has 1 aliphatic heterocycles. The van der Waals surface area contributed by atoms with Crippen LogP contribution in [0.5, 0.6) is 5.75 Å². The Morgan fingerprint density at radius 3 is 2.28 bits per heavy atom. The summed E-state index contributed by atoms with van der Waals surface area (Å²) in [7, 11) is 1.69. The van der Waals surface area contributed by atoms with E-state index in [9.17, 15) is 4.79 Å². The SMILES string of the molecule is COc1ccc(CCN2CCN([C@H](C)C(=O)NC(C)(C)C)CC2)cc1. The lowest BCUT2D eigenvalue weighted by Crippen LogP contribution is -2.56. The van der Waals surface area contributed by atoms with Crippen molar-refractivity contribution in [2.45, 2.75) is 45.7 Å². The van der Waals surface area contributed by atoms with Crippen molar-refractivity contribution in [2.75, 3.05) is 39.8 Å². The number of ether oxygens (including phenoxy) is 1. The summed E-state index contributed by atoms with van der Waals surface area (Å²) in [6.45, 7) is 13.1. The molecule has 1 fully saturated rings. The van der Waals surface area contributed by atoms with Crippen molar-refractivity contribution in [3.8, 4) is 5.75 Å². The molecule has 1 heterocycles. The Bertz CT molecular complexity index is 543. The normalized spacial score (nSPS) is 18.0. The maximum absolute atomic E-state index is 12.3. The van der Waals surface area contributed by atoms with Crippen LogP contribution in [-0.2, 0) is 11.2 Å². The number of carbonyl (C=O) groups excluding carboxylic acids is 1. The smallest absolute Gasteiger partial charge is 0.237 e. The molecule has 0 spiro atoms. The van der Waals surface area contributed by atoms with Crippen LogP contribution in [0, 0.1) is 0 Å². The molecule has 1 saturated heterocycles. The van der Waals surface area contributed by atoms with E-state index in [1.54, 1.807) is 7.11 Å². The van der Waals surface area contributed by atoms with Gasteiger partial charge in [-0.05, 0) is 51.8 Å². The number of hydrogen-bond acceptors (Lipinski definition) is 4. The monoisotopic (exact) mass is 347 g/mol. The van der Waals surface area contributed by atoms with Gasteiger partial charge in [0.15, 0.2) is 0 Å². The molecule has 1 aliphatic rings. The van der Waals surface area contributed by atoms with Gasteiger partial charge in [0.2, 0.25) is 5.91 Å². The molecular weight excluding hydrogens is 314 g/mol. The Kier molecular flexibility index (Phi) is 6.85. The van der Waals surface area contributed by atoms with Gasteiger partial charge in [-0.15, -0.1) is 0 Å².